The summed E-state index contributed by atoms with van der Waals surface area (Å²) < 4.78 is 10.9. The van der Waals surface area contributed by atoms with E-state index in [4.69, 9.17) is 20.8 Å². The van der Waals surface area contributed by atoms with Gasteiger partial charge in [-0.2, -0.15) is 0 Å². The van der Waals surface area contributed by atoms with Gasteiger partial charge in [0.25, 0.3) is 0 Å². The van der Waals surface area contributed by atoms with E-state index in [1.165, 1.54) is 0 Å². The molecule has 0 saturated heterocycles. The van der Waals surface area contributed by atoms with Crippen LogP contribution in [-0.2, 0) is 4.74 Å². The minimum Gasteiger partial charge on any atom is -0.460 e. The smallest absolute Gasteiger partial charge is 0.376 e. The second kappa shape index (κ2) is 9.11. The van der Waals surface area contributed by atoms with Crippen molar-refractivity contribution in [1.82, 2.24) is 4.98 Å². The molecular weight excluding hydrogens is 430 g/mol. The van der Waals surface area contributed by atoms with Crippen molar-refractivity contribution in [3.63, 3.8) is 0 Å². The van der Waals surface area contributed by atoms with Crippen molar-refractivity contribution in [2.24, 2.45) is 0 Å². The number of nitrogens with one attached hydrogen (secondary N) is 2. The highest BCUT2D eigenvalue weighted by Crippen LogP contribution is 2.35. The molecule has 0 unspecified atom stereocenters. The van der Waals surface area contributed by atoms with Gasteiger partial charge < -0.3 is 19.8 Å². The van der Waals surface area contributed by atoms with E-state index in [0.29, 0.717) is 21.8 Å². The van der Waals surface area contributed by atoms with Gasteiger partial charge in [-0.15, -0.1) is 0 Å². The number of pyridine rings is 1. The maximum Gasteiger partial charge on any atom is 0.376 e. The van der Waals surface area contributed by atoms with Gasteiger partial charge in [0.2, 0.25) is 11.5 Å². The number of aromatic nitrogens is 1. The Morgan fingerprint density at radius 2 is 1.78 bits per heavy atom. The Morgan fingerprint density at radius 1 is 1.06 bits per heavy atom. The molecule has 0 radical (unpaired) electrons. The molecule has 0 fully saturated rings. The number of furan rings is 1. The molecule has 2 heterocycles. The van der Waals surface area contributed by atoms with Crippen molar-refractivity contribution in [3.8, 4) is 11.3 Å². The molecule has 162 valence electrons. The van der Waals surface area contributed by atoms with E-state index < -0.39 is 12.0 Å². The molecule has 2 amide bonds. The fourth-order valence-corrected chi connectivity index (χ4v) is 3.43. The monoisotopic (exact) mass is 449 g/mol. The Balaban J connectivity index is 1.74. The largest absolute Gasteiger partial charge is 0.460 e. The third-order valence-corrected chi connectivity index (χ3v) is 4.98. The first-order valence-corrected chi connectivity index (χ1v) is 10.3. The summed E-state index contributed by atoms with van der Waals surface area (Å²) in [7, 11) is 0. The highest BCUT2D eigenvalue weighted by atomic mass is 35.5. The molecular formula is C24H20ClN3O4. The normalized spacial score (nSPS) is 10.7. The number of hydrogen-bond donors (Lipinski definition) is 2. The van der Waals surface area contributed by atoms with Crippen LogP contribution in [-0.4, -0.2) is 23.6 Å². The van der Waals surface area contributed by atoms with Gasteiger partial charge in [-0.1, -0.05) is 41.9 Å². The average molecular weight is 450 g/mol. The number of hydrogen-bond acceptors (Lipinski definition) is 5. The van der Waals surface area contributed by atoms with Crippen LogP contribution in [0, 0.1) is 6.92 Å². The van der Waals surface area contributed by atoms with E-state index >= 15 is 0 Å². The third-order valence-electron chi connectivity index (χ3n) is 4.73. The molecule has 2 aromatic carbocycles. The highest BCUT2D eigenvalue weighted by molar-refractivity contribution is 6.30. The Hall–Kier alpha value is -3.84. The van der Waals surface area contributed by atoms with E-state index in [2.05, 4.69) is 15.6 Å². The van der Waals surface area contributed by atoms with Gasteiger partial charge in [0.15, 0.2) is 0 Å². The fraction of sp³-hybridized carbons (Fsp3) is 0.125. The lowest BCUT2D eigenvalue weighted by molar-refractivity contribution is 0.0494. The number of benzene rings is 2. The van der Waals surface area contributed by atoms with Crippen molar-refractivity contribution < 1.29 is 18.7 Å². The quantitative estimate of drug-likeness (QED) is 0.350. The van der Waals surface area contributed by atoms with Crippen molar-refractivity contribution in [1.29, 1.82) is 0 Å². The van der Waals surface area contributed by atoms with Crippen LogP contribution in [0.2, 0.25) is 5.02 Å². The van der Waals surface area contributed by atoms with Gasteiger partial charge in [0, 0.05) is 16.3 Å². The molecule has 0 aliphatic carbocycles. The molecule has 4 aromatic rings. The van der Waals surface area contributed by atoms with Crippen molar-refractivity contribution >= 4 is 46.1 Å². The lowest BCUT2D eigenvalue weighted by Crippen LogP contribution is -2.21. The predicted octanol–water partition coefficient (Wildman–Crippen LogP) is 6.28. The zero-order chi connectivity index (χ0) is 22.7. The first-order chi connectivity index (χ1) is 15.5. The van der Waals surface area contributed by atoms with Crippen molar-refractivity contribution in [3.05, 3.63) is 77.0 Å². The van der Waals surface area contributed by atoms with Gasteiger partial charge in [-0.25, -0.2) is 14.6 Å². The minimum absolute atomic E-state index is 0.117. The maximum absolute atomic E-state index is 12.7. The minimum atomic E-state index is -0.687. The number of esters is 1. The Kier molecular flexibility index (Phi) is 6.09. The first kappa shape index (κ1) is 21.4. The van der Waals surface area contributed by atoms with Crippen LogP contribution in [0.3, 0.4) is 0 Å². The van der Waals surface area contributed by atoms with E-state index in [9.17, 15) is 9.59 Å². The van der Waals surface area contributed by atoms with Gasteiger partial charge in [-0.05, 0) is 49.7 Å². The average Bonchev–Trinajstić information content (AvgIpc) is 3.15. The zero-order valence-corrected chi connectivity index (χ0v) is 18.2. The van der Waals surface area contributed by atoms with Gasteiger partial charge in [0.1, 0.15) is 5.69 Å². The van der Waals surface area contributed by atoms with E-state index in [1.807, 2.05) is 43.3 Å². The third kappa shape index (κ3) is 4.43. The van der Waals surface area contributed by atoms with E-state index in [1.54, 1.807) is 31.2 Å². The molecule has 32 heavy (non-hydrogen) atoms. The number of carbonyl (C=O) groups is 2. The Labute approximate surface area is 189 Å². The molecule has 0 aliphatic rings. The number of nitrogens with zero attached hydrogens (tertiary/aromatic N) is 1. The number of aryl methyl sites for hydroxylation is 1. The van der Waals surface area contributed by atoms with Crippen LogP contribution in [0.5, 0.6) is 0 Å². The van der Waals surface area contributed by atoms with Crippen molar-refractivity contribution in [2.75, 3.05) is 17.2 Å². The second-order valence-corrected chi connectivity index (χ2v) is 7.42. The van der Waals surface area contributed by atoms with E-state index in [0.717, 1.165) is 11.1 Å². The molecule has 0 spiro atoms. The van der Waals surface area contributed by atoms with Crippen LogP contribution >= 0.6 is 11.6 Å². The van der Waals surface area contributed by atoms with Crippen molar-refractivity contribution in [2.45, 2.75) is 13.8 Å². The summed E-state index contributed by atoms with van der Waals surface area (Å²) in [5.74, 6) is -0.804. The number of urea groups is 1. The molecule has 2 aromatic heterocycles. The number of halogens is 1. The van der Waals surface area contributed by atoms with Crippen LogP contribution < -0.4 is 10.6 Å². The Bertz CT molecular complexity index is 1280. The predicted molar refractivity (Wildman–Crippen MR) is 124 cm³/mol. The van der Waals surface area contributed by atoms with Gasteiger partial charge in [-0.3, -0.25) is 0 Å². The molecule has 0 bridgehead atoms. The molecule has 8 heteroatoms. The van der Waals surface area contributed by atoms with Gasteiger partial charge >= 0.3 is 12.0 Å². The van der Waals surface area contributed by atoms with Crippen LogP contribution in [0.15, 0.2) is 65.1 Å². The second-order valence-electron chi connectivity index (χ2n) is 6.98. The van der Waals surface area contributed by atoms with Crippen LogP contribution in [0.4, 0.5) is 16.2 Å². The SMILES string of the molecule is CCOC(=O)c1oc2nc(-c3ccccc3)cc(C)c2c1NC(=O)Nc1ccc(Cl)cc1. The summed E-state index contributed by atoms with van der Waals surface area (Å²) in [5.41, 5.74) is 3.36. The number of amides is 2. The summed E-state index contributed by atoms with van der Waals surface area (Å²) >= 11 is 5.89. The van der Waals surface area contributed by atoms with Gasteiger partial charge in [0.05, 0.1) is 17.7 Å². The molecule has 2 N–H and O–H groups in total. The fourth-order valence-electron chi connectivity index (χ4n) is 3.31. The molecule has 7 nitrogen and oxygen atoms in total. The zero-order valence-electron chi connectivity index (χ0n) is 17.4. The highest BCUT2D eigenvalue weighted by Gasteiger charge is 2.26. The van der Waals surface area contributed by atoms with Crippen LogP contribution in [0.1, 0.15) is 23.0 Å². The molecule has 0 aliphatic heterocycles. The lowest BCUT2D eigenvalue weighted by atomic mass is 10.1. The van der Waals surface area contributed by atoms with E-state index in [-0.39, 0.29) is 23.8 Å². The number of fused-ring (bicyclic) bond motifs is 1. The maximum atomic E-state index is 12.7. The first-order valence-electron chi connectivity index (χ1n) is 9.96. The number of ether oxygens (including phenoxy) is 1. The number of anilines is 2. The summed E-state index contributed by atoms with van der Waals surface area (Å²) in [4.78, 5) is 29.8. The lowest BCUT2D eigenvalue weighted by Gasteiger charge is -2.09. The summed E-state index contributed by atoms with van der Waals surface area (Å²) in [6, 6.07) is 17.6. The topological polar surface area (TPSA) is 93.5 Å². The van der Waals surface area contributed by atoms with Crippen LogP contribution in [0.25, 0.3) is 22.4 Å². The molecule has 0 atom stereocenters. The number of rotatable bonds is 5. The number of carbonyl (C=O) groups excluding carboxylic acids is 2. The summed E-state index contributed by atoms with van der Waals surface area (Å²) in [6.07, 6.45) is 0. The summed E-state index contributed by atoms with van der Waals surface area (Å²) in [5, 5.41) is 6.50. The standard InChI is InChI=1S/C24H20ClN3O4/c1-3-31-23(29)21-20(28-24(30)26-17-11-9-16(25)10-12-17)19-14(2)13-18(27-22(19)32-21)15-7-5-4-6-8-15/h4-13H,3H2,1-2H3,(H2,26,28,30). The Morgan fingerprint density at radius 3 is 2.47 bits per heavy atom. The molecule has 0 saturated carbocycles. The summed E-state index contributed by atoms with van der Waals surface area (Å²) in [6.45, 7) is 3.72. The molecule has 4 rings (SSSR count).